The molecular weight excluding hydrogens is 394 g/mol. The standard InChI is InChI=1S/C22H23N7O2/c1-2-13-3-5-14(6-4-13)11-23-21-27-19-16(9-15-10-18(30)26-20(15)31)12-24-29(19)22(28-21)25-17-7-8-17/h3-6,9,12,17H,2,7-8,10-11H2,1H3,(H,26,30,31)(H2,23,25,27,28)/b15-9+. The van der Waals surface area contributed by atoms with Crippen LogP contribution in [0.25, 0.3) is 11.7 Å². The molecule has 31 heavy (non-hydrogen) atoms. The van der Waals surface area contributed by atoms with Crippen LogP contribution in [-0.4, -0.2) is 37.4 Å². The molecule has 1 saturated carbocycles. The number of amides is 2. The van der Waals surface area contributed by atoms with Gasteiger partial charge in [-0.25, -0.2) is 0 Å². The lowest BCUT2D eigenvalue weighted by Gasteiger charge is -2.10. The third-order valence-corrected chi connectivity index (χ3v) is 5.41. The fraction of sp³-hybridized carbons (Fsp3) is 0.318. The van der Waals surface area contributed by atoms with Crippen LogP contribution in [0.5, 0.6) is 0 Å². The van der Waals surface area contributed by atoms with Gasteiger partial charge in [0.1, 0.15) is 0 Å². The number of rotatable bonds is 7. The molecule has 3 heterocycles. The Bertz CT molecular complexity index is 1190. The zero-order valence-electron chi connectivity index (χ0n) is 17.2. The van der Waals surface area contributed by atoms with Gasteiger partial charge in [0, 0.05) is 23.7 Å². The summed E-state index contributed by atoms with van der Waals surface area (Å²) in [4.78, 5) is 32.7. The highest BCUT2D eigenvalue weighted by molar-refractivity contribution is 6.15. The molecule has 9 heteroatoms. The van der Waals surface area contributed by atoms with Crippen molar-refractivity contribution in [3.63, 3.8) is 0 Å². The van der Waals surface area contributed by atoms with Gasteiger partial charge in [0.2, 0.25) is 17.8 Å². The SMILES string of the molecule is CCc1ccc(CNc2nc(NC3CC3)n3ncc(/C=C4\CC(=O)NC4=O)c3n2)cc1. The van der Waals surface area contributed by atoms with Crippen LogP contribution in [0.3, 0.4) is 0 Å². The third kappa shape index (κ3) is 4.11. The number of imide groups is 1. The Balaban J connectivity index is 1.46. The third-order valence-electron chi connectivity index (χ3n) is 5.41. The summed E-state index contributed by atoms with van der Waals surface area (Å²) in [5.41, 5.74) is 4.07. The average Bonchev–Trinajstić information content (AvgIpc) is 3.41. The van der Waals surface area contributed by atoms with Crippen LogP contribution in [0.1, 0.15) is 42.9 Å². The maximum Gasteiger partial charge on any atom is 0.254 e. The van der Waals surface area contributed by atoms with E-state index in [1.165, 1.54) is 5.56 Å². The molecule has 2 fully saturated rings. The second kappa shape index (κ2) is 7.82. The fourth-order valence-corrected chi connectivity index (χ4v) is 3.46. The van der Waals surface area contributed by atoms with Crippen LogP contribution < -0.4 is 16.0 Å². The van der Waals surface area contributed by atoms with Crippen molar-refractivity contribution in [2.75, 3.05) is 10.6 Å². The minimum absolute atomic E-state index is 0.0628. The van der Waals surface area contributed by atoms with Gasteiger partial charge in [-0.15, -0.1) is 0 Å². The molecule has 2 aromatic heterocycles. The van der Waals surface area contributed by atoms with Gasteiger partial charge in [-0.1, -0.05) is 31.2 Å². The van der Waals surface area contributed by atoms with Gasteiger partial charge >= 0.3 is 0 Å². The first-order valence-corrected chi connectivity index (χ1v) is 10.5. The number of nitrogens with zero attached hydrogens (tertiary/aromatic N) is 4. The maximum absolute atomic E-state index is 12.0. The fourth-order valence-electron chi connectivity index (χ4n) is 3.46. The molecule has 0 atom stereocenters. The molecule has 0 radical (unpaired) electrons. The smallest absolute Gasteiger partial charge is 0.254 e. The van der Waals surface area contributed by atoms with E-state index in [1.54, 1.807) is 16.8 Å². The minimum Gasteiger partial charge on any atom is -0.351 e. The van der Waals surface area contributed by atoms with E-state index in [2.05, 4.69) is 62.2 Å². The minimum atomic E-state index is -0.372. The number of fused-ring (bicyclic) bond motifs is 1. The van der Waals surface area contributed by atoms with Crippen molar-refractivity contribution in [3.05, 3.63) is 52.7 Å². The Morgan fingerprint density at radius 1 is 1.16 bits per heavy atom. The lowest BCUT2D eigenvalue weighted by atomic mass is 10.1. The molecule has 5 rings (SSSR count). The van der Waals surface area contributed by atoms with E-state index < -0.39 is 0 Å². The van der Waals surface area contributed by atoms with Crippen molar-refractivity contribution < 1.29 is 9.59 Å². The zero-order chi connectivity index (χ0) is 21.4. The Kier molecular flexibility index (Phi) is 4.85. The Hall–Kier alpha value is -3.75. The monoisotopic (exact) mass is 417 g/mol. The lowest BCUT2D eigenvalue weighted by Crippen LogP contribution is -2.19. The number of nitrogens with one attached hydrogen (secondary N) is 3. The molecule has 1 saturated heterocycles. The normalized spacial score (nSPS) is 17.4. The van der Waals surface area contributed by atoms with Gasteiger partial charge in [0.15, 0.2) is 5.65 Å². The summed E-state index contributed by atoms with van der Waals surface area (Å²) in [6, 6.07) is 8.82. The van der Waals surface area contributed by atoms with Crippen LogP contribution in [0.2, 0.25) is 0 Å². The lowest BCUT2D eigenvalue weighted by molar-refractivity contribution is -0.124. The largest absolute Gasteiger partial charge is 0.351 e. The van der Waals surface area contributed by atoms with E-state index in [1.807, 2.05) is 0 Å². The number of carbonyl (C=O) groups is 2. The molecule has 2 aliphatic rings. The van der Waals surface area contributed by atoms with Crippen molar-refractivity contribution >= 4 is 35.4 Å². The van der Waals surface area contributed by atoms with Crippen LogP contribution >= 0.6 is 0 Å². The quantitative estimate of drug-likeness (QED) is 0.399. The molecule has 1 aliphatic carbocycles. The van der Waals surface area contributed by atoms with E-state index in [9.17, 15) is 9.59 Å². The Morgan fingerprint density at radius 3 is 2.61 bits per heavy atom. The molecule has 9 nitrogen and oxygen atoms in total. The molecule has 3 aromatic rings. The molecular formula is C22H23N7O2. The van der Waals surface area contributed by atoms with Gasteiger partial charge in [0.05, 0.1) is 12.6 Å². The van der Waals surface area contributed by atoms with Crippen molar-refractivity contribution in [1.29, 1.82) is 0 Å². The van der Waals surface area contributed by atoms with E-state index in [-0.39, 0.29) is 18.2 Å². The predicted molar refractivity (Wildman–Crippen MR) is 116 cm³/mol. The summed E-state index contributed by atoms with van der Waals surface area (Å²) in [6.07, 6.45) is 6.57. The van der Waals surface area contributed by atoms with Gasteiger partial charge in [-0.2, -0.15) is 19.6 Å². The molecule has 2 amide bonds. The zero-order valence-corrected chi connectivity index (χ0v) is 17.2. The van der Waals surface area contributed by atoms with E-state index in [4.69, 9.17) is 0 Å². The maximum atomic E-state index is 12.0. The molecule has 158 valence electrons. The molecule has 1 aromatic carbocycles. The summed E-state index contributed by atoms with van der Waals surface area (Å²) in [5.74, 6) is 0.411. The van der Waals surface area contributed by atoms with Gasteiger partial charge in [-0.05, 0) is 36.5 Å². The second-order valence-electron chi connectivity index (χ2n) is 7.87. The highest BCUT2D eigenvalue weighted by atomic mass is 16.2. The van der Waals surface area contributed by atoms with Crippen molar-refractivity contribution in [1.82, 2.24) is 24.9 Å². The first kappa shape index (κ1) is 19.2. The highest BCUT2D eigenvalue weighted by Gasteiger charge is 2.26. The number of hydrogen-bond acceptors (Lipinski definition) is 7. The Morgan fingerprint density at radius 2 is 1.94 bits per heavy atom. The van der Waals surface area contributed by atoms with Gasteiger partial charge < -0.3 is 10.6 Å². The summed E-state index contributed by atoms with van der Waals surface area (Å²) in [6.45, 7) is 2.72. The van der Waals surface area contributed by atoms with E-state index >= 15 is 0 Å². The van der Waals surface area contributed by atoms with E-state index in [0.717, 1.165) is 24.8 Å². The summed E-state index contributed by atoms with van der Waals surface area (Å²) < 4.78 is 1.64. The molecule has 0 spiro atoms. The highest BCUT2D eigenvalue weighted by Crippen LogP contribution is 2.26. The van der Waals surface area contributed by atoms with E-state index in [0.29, 0.717) is 41.3 Å². The molecule has 1 aliphatic heterocycles. The van der Waals surface area contributed by atoms with Gasteiger partial charge in [0.25, 0.3) is 5.91 Å². The van der Waals surface area contributed by atoms with Crippen LogP contribution in [0, 0.1) is 0 Å². The van der Waals surface area contributed by atoms with Crippen LogP contribution in [0.4, 0.5) is 11.9 Å². The summed E-state index contributed by atoms with van der Waals surface area (Å²) in [7, 11) is 0. The first-order valence-electron chi connectivity index (χ1n) is 10.5. The van der Waals surface area contributed by atoms with Crippen molar-refractivity contribution in [3.8, 4) is 0 Å². The summed E-state index contributed by atoms with van der Waals surface area (Å²) >= 11 is 0. The van der Waals surface area contributed by atoms with Crippen LogP contribution in [-0.2, 0) is 22.6 Å². The Labute approximate surface area is 179 Å². The number of anilines is 2. The van der Waals surface area contributed by atoms with Crippen molar-refractivity contribution in [2.24, 2.45) is 0 Å². The molecule has 0 bridgehead atoms. The van der Waals surface area contributed by atoms with Crippen molar-refractivity contribution in [2.45, 2.75) is 45.2 Å². The number of hydrogen-bond donors (Lipinski definition) is 3. The number of aryl methyl sites for hydroxylation is 1. The topological polar surface area (TPSA) is 113 Å². The summed E-state index contributed by atoms with van der Waals surface area (Å²) in [5, 5.41) is 13.4. The van der Waals surface area contributed by atoms with Gasteiger partial charge in [-0.3, -0.25) is 14.9 Å². The number of carbonyl (C=O) groups excluding carboxylic acids is 2. The second-order valence-corrected chi connectivity index (χ2v) is 7.87. The first-order chi connectivity index (χ1) is 15.1. The number of aromatic nitrogens is 4. The average molecular weight is 417 g/mol. The molecule has 3 N–H and O–H groups in total. The molecule has 0 unspecified atom stereocenters. The number of benzene rings is 1. The predicted octanol–water partition coefficient (Wildman–Crippen LogP) is 2.30. The van der Waals surface area contributed by atoms with Crippen LogP contribution in [0.15, 0.2) is 36.0 Å².